The Kier molecular flexibility index (Phi) is 4.78. The van der Waals surface area contributed by atoms with Crippen LogP contribution in [0, 0.1) is 0 Å². The Morgan fingerprint density at radius 1 is 1.03 bits per heavy atom. The van der Waals surface area contributed by atoms with E-state index in [4.69, 9.17) is 13.9 Å². The van der Waals surface area contributed by atoms with Gasteiger partial charge in [0.05, 0.1) is 24.0 Å². The number of carbonyl (C=O) groups excluding carboxylic acids is 1. The monoisotopic (exact) mass is 429 g/mol. The number of carbonyl (C=O) groups is 1. The Hall–Kier alpha value is -4.26. The molecule has 0 radical (unpaired) electrons. The van der Waals surface area contributed by atoms with E-state index in [0.717, 1.165) is 0 Å². The van der Waals surface area contributed by atoms with E-state index in [1.807, 2.05) is 6.07 Å². The number of amides is 1. The SMILES string of the molecule is COc1ccc([C@H]2c3c(c4ccccc4oc3=O)O[C@H]2C(=O)Nc2ccccc2)cc1O. The molecule has 0 spiro atoms. The number of rotatable bonds is 4. The normalized spacial score (nSPS) is 16.9. The highest BCUT2D eigenvalue weighted by atomic mass is 16.5. The van der Waals surface area contributed by atoms with Gasteiger partial charge in [0.2, 0.25) is 0 Å². The third kappa shape index (κ3) is 3.24. The lowest BCUT2D eigenvalue weighted by molar-refractivity contribution is -0.122. The van der Waals surface area contributed by atoms with Crippen LogP contribution in [0.1, 0.15) is 17.0 Å². The minimum atomic E-state index is -1.05. The average molecular weight is 429 g/mol. The van der Waals surface area contributed by atoms with Crippen molar-refractivity contribution in [3.8, 4) is 17.2 Å². The molecule has 0 unspecified atom stereocenters. The van der Waals surface area contributed by atoms with E-state index in [-0.39, 0.29) is 17.1 Å². The van der Waals surface area contributed by atoms with Gasteiger partial charge >= 0.3 is 5.63 Å². The lowest BCUT2D eigenvalue weighted by Crippen LogP contribution is -2.35. The van der Waals surface area contributed by atoms with Gasteiger partial charge in [-0.2, -0.15) is 0 Å². The fourth-order valence-corrected chi connectivity index (χ4v) is 4.06. The second-order valence-electron chi connectivity index (χ2n) is 7.43. The van der Waals surface area contributed by atoms with E-state index >= 15 is 0 Å². The van der Waals surface area contributed by atoms with Crippen LogP contribution in [0.3, 0.4) is 0 Å². The van der Waals surface area contributed by atoms with Crippen molar-refractivity contribution in [1.82, 2.24) is 0 Å². The van der Waals surface area contributed by atoms with Crippen LogP contribution in [-0.2, 0) is 4.79 Å². The van der Waals surface area contributed by atoms with Gasteiger partial charge < -0.3 is 24.3 Å². The highest BCUT2D eigenvalue weighted by Crippen LogP contribution is 2.45. The zero-order valence-electron chi connectivity index (χ0n) is 17.1. The van der Waals surface area contributed by atoms with Crippen LogP contribution in [0.4, 0.5) is 5.69 Å². The molecule has 2 N–H and O–H groups in total. The Labute approximate surface area is 182 Å². The van der Waals surface area contributed by atoms with E-state index < -0.39 is 23.6 Å². The molecule has 3 aromatic carbocycles. The van der Waals surface area contributed by atoms with E-state index in [9.17, 15) is 14.7 Å². The van der Waals surface area contributed by atoms with Gasteiger partial charge in [-0.05, 0) is 42.0 Å². The van der Waals surface area contributed by atoms with Crippen molar-refractivity contribution in [2.45, 2.75) is 12.0 Å². The average Bonchev–Trinajstić information content (AvgIpc) is 3.22. The van der Waals surface area contributed by atoms with Gasteiger partial charge in [0.25, 0.3) is 5.91 Å². The summed E-state index contributed by atoms with van der Waals surface area (Å²) < 4.78 is 16.8. The molecule has 5 rings (SSSR count). The van der Waals surface area contributed by atoms with Gasteiger partial charge in [0.15, 0.2) is 17.6 Å². The molecule has 0 saturated carbocycles. The van der Waals surface area contributed by atoms with Gasteiger partial charge in [0.1, 0.15) is 11.3 Å². The molecule has 1 aromatic heterocycles. The molecule has 0 fully saturated rings. The predicted molar refractivity (Wildman–Crippen MR) is 118 cm³/mol. The summed E-state index contributed by atoms with van der Waals surface area (Å²) in [7, 11) is 1.44. The maximum absolute atomic E-state index is 13.3. The summed E-state index contributed by atoms with van der Waals surface area (Å²) in [6, 6.07) is 20.7. The summed E-state index contributed by atoms with van der Waals surface area (Å²) >= 11 is 0. The Morgan fingerprint density at radius 3 is 2.53 bits per heavy atom. The molecule has 1 aliphatic heterocycles. The number of para-hydroxylation sites is 2. The number of hydrogen-bond donors (Lipinski definition) is 2. The number of phenolic OH excluding ortho intramolecular Hbond substituents is 1. The molecule has 0 bridgehead atoms. The molecule has 2 heterocycles. The first-order chi connectivity index (χ1) is 15.6. The standard InChI is InChI=1S/C25H19NO6/c1-30-19-12-11-14(13-17(19)27)20-21-22(16-9-5-6-10-18(16)31-25(21)29)32-23(20)24(28)26-15-7-3-2-4-8-15/h2-13,20,23,27H,1H3,(H,26,28)/t20-,23+/m0/s1. The quantitative estimate of drug-likeness (QED) is 0.475. The first-order valence-electron chi connectivity index (χ1n) is 10.0. The van der Waals surface area contributed by atoms with Gasteiger partial charge in [0, 0.05) is 5.69 Å². The molecule has 2 atom stereocenters. The molecule has 0 saturated heterocycles. The van der Waals surface area contributed by atoms with E-state index in [1.165, 1.54) is 13.2 Å². The number of hydrogen-bond acceptors (Lipinski definition) is 6. The second kappa shape index (κ2) is 7.77. The summed E-state index contributed by atoms with van der Waals surface area (Å²) in [5.41, 5.74) is 1.15. The first-order valence-corrected chi connectivity index (χ1v) is 10.0. The molecule has 4 aromatic rings. The maximum Gasteiger partial charge on any atom is 0.344 e. The van der Waals surface area contributed by atoms with Crippen LogP contribution >= 0.6 is 0 Å². The molecule has 0 aliphatic carbocycles. The van der Waals surface area contributed by atoms with Crippen molar-refractivity contribution in [1.29, 1.82) is 0 Å². The van der Waals surface area contributed by atoms with E-state index in [2.05, 4.69) is 5.32 Å². The van der Waals surface area contributed by atoms with Crippen LogP contribution in [0.25, 0.3) is 11.0 Å². The Balaban J connectivity index is 1.66. The maximum atomic E-state index is 13.3. The molecule has 1 aliphatic rings. The molecular formula is C25H19NO6. The highest BCUT2D eigenvalue weighted by molar-refractivity contribution is 5.97. The Bertz CT molecular complexity index is 1380. The fraction of sp³-hybridized carbons (Fsp3) is 0.120. The number of benzene rings is 3. The number of ether oxygens (including phenoxy) is 2. The number of aromatic hydroxyl groups is 1. The lowest BCUT2D eigenvalue weighted by Gasteiger charge is -2.19. The zero-order chi connectivity index (χ0) is 22.2. The summed E-state index contributed by atoms with van der Waals surface area (Å²) in [5, 5.41) is 13.8. The number of nitrogens with one attached hydrogen (secondary N) is 1. The summed E-state index contributed by atoms with van der Waals surface area (Å²) in [5.74, 6) is -0.720. The van der Waals surface area contributed by atoms with Crippen molar-refractivity contribution in [3.63, 3.8) is 0 Å². The van der Waals surface area contributed by atoms with Gasteiger partial charge in [-0.25, -0.2) is 4.79 Å². The van der Waals surface area contributed by atoms with Crippen LogP contribution < -0.4 is 20.4 Å². The smallest absolute Gasteiger partial charge is 0.344 e. The minimum absolute atomic E-state index is 0.106. The van der Waals surface area contributed by atoms with Crippen molar-refractivity contribution >= 4 is 22.6 Å². The van der Waals surface area contributed by atoms with Gasteiger partial charge in [-0.1, -0.05) is 36.4 Å². The van der Waals surface area contributed by atoms with Crippen molar-refractivity contribution < 1.29 is 23.8 Å². The van der Waals surface area contributed by atoms with E-state index in [1.54, 1.807) is 60.7 Å². The highest BCUT2D eigenvalue weighted by Gasteiger charge is 2.44. The van der Waals surface area contributed by atoms with Crippen LogP contribution in [0.2, 0.25) is 0 Å². The Morgan fingerprint density at radius 2 is 1.78 bits per heavy atom. The van der Waals surface area contributed by atoms with Crippen molar-refractivity contribution in [2.24, 2.45) is 0 Å². The first kappa shape index (κ1) is 19.7. The third-order valence-corrected chi connectivity index (χ3v) is 5.52. The molecule has 160 valence electrons. The van der Waals surface area contributed by atoms with Crippen LogP contribution in [-0.4, -0.2) is 24.2 Å². The minimum Gasteiger partial charge on any atom is -0.504 e. The van der Waals surface area contributed by atoms with Crippen molar-refractivity contribution in [3.05, 3.63) is 94.3 Å². The number of phenols is 1. The number of anilines is 1. The largest absolute Gasteiger partial charge is 0.504 e. The summed E-state index contributed by atoms with van der Waals surface area (Å²) in [4.78, 5) is 26.2. The predicted octanol–water partition coefficient (Wildman–Crippen LogP) is 4.04. The van der Waals surface area contributed by atoms with Crippen LogP contribution in [0.5, 0.6) is 17.2 Å². The molecule has 7 nitrogen and oxygen atoms in total. The third-order valence-electron chi connectivity index (χ3n) is 5.52. The number of fused-ring (bicyclic) bond motifs is 3. The fourth-order valence-electron chi connectivity index (χ4n) is 4.06. The van der Waals surface area contributed by atoms with Crippen molar-refractivity contribution in [2.75, 3.05) is 12.4 Å². The van der Waals surface area contributed by atoms with Gasteiger partial charge in [-0.3, -0.25) is 4.79 Å². The molecule has 1 amide bonds. The van der Waals surface area contributed by atoms with Crippen LogP contribution in [0.15, 0.2) is 82.0 Å². The van der Waals surface area contributed by atoms with E-state index in [0.29, 0.717) is 28.0 Å². The number of methoxy groups -OCH3 is 1. The van der Waals surface area contributed by atoms with Gasteiger partial charge in [-0.15, -0.1) is 0 Å². The molecular weight excluding hydrogens is 410 g/mol. The molecule has 32 heavy (non-hydrogen) atoms. The molecule has 7 heteroatoms. The topological polar surface area (TPSA) is 98.0 Å². The summed E-state index contributed by atoms with van der Waals surface area (Å²) in [6.07, 6.45) is -1.05. The lowest BCUT2D eigenvalue weighted by atomic mass is 9.88. The summed E-state index contributed by atoms with van der Waals surface area (Å²) in [6.45, 7) is 0. The zero-order valence-corrected chi connectivity index (χ0v) is 17.1. The second-order valence-corrected chi connectivity index (χ2v) is 7.43.